The number of hydrogen-bond acceptors (Lipinski definition) is 3. The second-order valence-electron chi connectivity index (χ2n) is 7.60. The number of nitrogens with zero attached hydrogens (tertiary/aromatic N) is 1. The van der Waals surface area contributed by atoms with Crippen molar-refractivity contribution in [3.63, 3.8) is 0 Å². The van der Waals surface area contributed by atoms with Gasteiger partial charge in [-0.3, -0.25) is 0 Å². The van der Waals surface area contributed by atoms with Crippen molar-refractivity contribution in [3.8, 4) is 0 Å². The lowest BCUT2D eigenvalue weighted by atomic mass is 9.80. The molecule has 0 aliphatic carbocycles. The number of ether oxygens (including phenoxy) is 1. The van der Waals surface area contributed by atoms with E-state index in [1.165, 1.54) is 51.7 Å². The van der Waals surface area contributed by atoms with Gasteiger partial charge in [-0.05, 0) is 59.5 Å². The molecule has 0 aromatic carbocycles. The molecule has 3 heteroatoms. The molecule has 0 radical (unpaired) electrons. The zero-order chi connectivity index (χ0) is 13.8. The molecule has 2 saturated heterocycles. The number of rotatable bonds is 4. The second kappa shape index (κ2) is 6.55. The van der Waals surface area contributed by atoms with Crippen LogP contribution in [0.5, 0.6) is 0 Å². The number of nitrogens with one attached hydrogen (secondary N) is 1. The van der Waals surface area contributed by atoms with Gasteiger partial charge in [-0.1, -0.05) is 6.42 Å². The highest BCUT2D eigenvalue weighted by molar-refractivity contribution is 4.90. The average molecular weight is 268 g/mol. The largest absolute Gasteiger partial charge is 0.381 e. The maximum atomic E-state index is 5.83. The Morgan fingerprint density at radius 3 is 2.42 bits per heavy atom. The number of hydrogen-bond donors (Lipinski definition) is 1. The van der Waals surface area contributed by atoms with E-state index in [0.29, 0.717) is 5.41 Å². The van der Waals surface area contributed by atoms with Gasteiger partial charge in [0.1, 0.15) is 0 Å². The topological polar surface area (TPSA) is 24.5 Å². The summed E-state index contributed by atoms with van der Waals surface area (Å²) < 4.78 is 5.83. The summed E-state index contributed by atoms with van der Waals surface area (Å²) in [6, 6.07) is 0. The molecule has 2 fully saturated rings. The predicted molar refractivity (Wildman–Crippen MR) is 80.5 cm³/mol. The molecule has 3 nitrogen and oxygen atoms in total. The van der Waals surface area contributed by atoms with Crippen LogP contribution in [0.3, 0.4) is 0 Å². The van der Waals surface area contributed by atoms with E-state index < -0.39 is 0 Å². The third kappa shape index (κ3) is 5.05. The summed E-state index contributed by atoms with van der Waals surface area (Å²) in [6.07, 6.45) is 6.71. The van der Waals surface area contributed by atoms with Crippen molar-refractivity contribution in [2.24, 2.45) is 5.41 Å². The molecule has 1 N–H and O–H groups in total. The number of piperidine rings is 1. The third-order valence-electron chi connectivity index (χ3n) is 4.41. The van der Waals surface area contributed by atoms with Crippen LogP contribution >= 0.6 is 0 Å². The smallest absolute Gasteiger partial charge is 0.0546 e. The Bertz CT molecular complexity index is 260. The fraction of sp³-hybridized carbons (Fsp3) is 1.00. The molecule has 0 bridgehead atoms. The predicted octanol–water partition coefficient (Wildman–Crippen LogP) is 2.66. The van der Waals surface area contributed by atoms with Gasteiger partial charge in [0, 0.05) is 30.7 Å². The van der Waals surface area contributed by atoms with Crippen LogP contribution in [0.25, 0.3) is 0 Å². The van der Waals surface area contributed by atoms with E-state index in [0.717, 1.165) is 19.8 Å². The van der Waals surface area contributed by atoms with E-state index in [4.69, 9.17) is 4.74 Å². The second-order valence-corrected chi connectivity index (χ2v) is 7.60. The molecule has 2 aliphatic rings. The maximum Gasteiger partial charge on any atom is 0.0546 e. The Kier molecular flexibility index (Phi) is 5.27. The first-order valence-electron chi connectivity index (χ1n) is 8.04. The monoisotopic (exact) mass is 268 g/mol. The molecule has 0 aromatic heterocycles. The van der Waals surface area contributed by atoms with Crippen molar-refractivity contribution >= 4 is 0 Å². The normalized spacial score (nSPS) is 30.5. The Morgan fingerprint density at radius 1 is 1.11 bits per heavy atom. The van der Waals surface area contributed by atoms with E-state index in [1.807, 2.05) is 0 Å². The summed E-state index contributed by atoms with van der Waals surface area (Å²) in [5, 5.41) is 3.72. The van der Waals surface area contributed by atoms with Gasteiger partial charge in [0.05, 0.1) is 6.61 Å². The van der Waals surface area contributed by atoms with Gasteiger partial charge in [-0.2, -0.15) is 0 Å². The van der Waals surface area contributed by atoms with Crippen molar-refractivity contribution in [2.45, 2.75) is 58.4 Å². The summed E-state index contributed by atoms with van der Waals surface area (Å²) in [7, 11) is 0. The van der Waals surface area contributed by atoms with Crippen LogP contribution < -0.4 is 5.32 Å². The van der Waals surface area contributed by atoms with Crippen molar-refractivity contribution in [2.75, 3.05) is 39.4 Å². The zero-order valence-corrected chi connectivity index (χ0v) is 13.1. The molecular weight excluding hydrogens is 236 g/mol. The van der Waals surface area contributed by atoms with E-state index in [2.05, 4.69) is 31.0 Å². The highest BCUT2D eigenvalue weighted by Crippen LogP contribution is 2.30. The number of likely N-dealkylation sites (tertiary alicyclic amines) is 1. The lowest BCUT2D eigenvalue weighted by molar-refractivity contribution is -0.0311. The van der Waals surface area contributed by atoms with Crippen molar-refractivity contribution < 1.29 is 4.74 Å². The van der Waals surface area contributed by atoms with E-state index >= 15 is 0 Å². The summed E-state index contributed by atoms with van der Waals surface area (Å²) in [6.45, 7) is 13.5. The minimum Gasteiger partial charge on any atom is -0.381 e. The van der Waals surface area contributed by atoms with Gasteiger partial charge in [0.15, 0.2) is 0 Å². The van der Waals surface area contributed by atoms with E-state index in [9.17, 15) is 0 Å². The summed E-state index contributed by atoms with van der Waals surface area (Å²) >= 11 is 0. The van der Waals surface area contributed by atoms with Crippen LogP contribution in [-0.4, -0.2) is 49.8 Å². The molecule has 0 aromatic rings. The van der Waals surface area contributed by atoms with Crippen LogP contribution in [0.2, 0.25) is 0 Å². The average Bonchev–Trinajstić information content (AvgIpc) is 2.38. The van der Waals surface area contributed by atoms with Crippen molar-refractivity contribution in [1.29, 1.82) is 0 Å². The molecular formula is C16H32N2O. The molecule has 0 saturated carbocycles. The fourth-order valence-electron chi connectivity index (χ4n) is 3.27. The standard InChI is InChI=1S/C16H32N2O/c1-15(2,3)17-12-16(8-7-11-19-14-16)13-18-9-5-4-6-10-18/h17H,4-14H2,1-3H3. The van der Waals surface area contributed by atoms with Crippen LogP contribution in [0.1, 0.15) is 52.9 Å². The maximum absolute atomic E-state index is 5.83. The van der Waals surface area contributed by atoms with Crippen LogP contribution in [0.15, 0.2) is 0 Å². The Labute approximate surface area is 119 Å². The molecule has 0 spiro atoms. The van der Waals surface area contributed by atoms with Crippen molar-refractivity contribution in [1.82, 2.24) is 10.2 Å². The molecule has 2 heterocycles. The lowest BCUT2D eigenvalue weighted by Gasteiger charge is -2.43. The Hall–Kier alpha value is -0.120. The molecule has 1 unspecified atom stereocenters. The first-order chi connectivity index (χ1) is 8.99. The van der Waals surface area contributed by atoms with Gasteiger partial charge in [-0.15, -0.1) is 0 Å². The first kappa shape index (κ1) is 15.3. The SMILES string of the molecule is CC(C)(C)NCC1(CN2CCCCC2)CCCOC1. The van der Waals surface area contributed by atoms with Gasteiger partial charge in [-0.25, -0.2) is 0 Å². The summed E-state index contributed by atoms with van der Waals surface area (Å²) in [4.78, 5) is 2.67. The Balaban J connectivity index is 1.93. The minimum atomic E-state index is 0.201. The van der Waals surface area contributed by atoms with E-state index in [1.54, 1.807) is 0 Å². The van der Waals surface area contributed by atoms with Gasteiger partial charge < -0.3 is 15.0 Å². The fourth-order valence-corrected chi connectivity index (χ4v) is 3.27. The minimum absolute atomic E-state index is 0.201. The molecule has 2 rings (SSSR count). The van der Waals surface area contributed by atoms with Crippen LogP contribution in [-0.2, 0) is 4.74 Å². The Morgan fingerprint density at radius 2 is 1.84 bits per heavy atom. The summed E-state index contributed by atoms with van der Waals surface area (Å²) in [5.74, 6) is 0. The molecule has 112 valence electrons. The highest BCUT2D eigenvalue weighted by atomic mass is 16.5. The lowest BCUT2D eigenvalue weighted by Crippen LogP contribution is -2.53. The van der Waals surface area contributed by atoms with Gasteiger partial charge >= 0.3 is 0 Å². The molecule has 2 aliphatic heterocycles. The van der Waals surface area contributed by atoms with Gasteiger partial charge in [0.25, 0.3) is 0 Å². The van der Waals surface area contributed by atoms with Gasteiger partial charge in [0.2, 0.25) is 0 Å². The van der Waals surface area contributed by atoms with E-state index in [-0.39, 0.29) is 5.54 Å². The zero-order valence-electron chi connectivity index (χ0n) is 13.1. The molecule has 1 atom stereocenters. The summed E-state index contributed by atoms with van der Waals surface area (Å²) in [5.41, 5.74) is 0.537. The third-order valence-corrected chi connectivity index (χ3v) is 4.41. The molecule has 0 amide bonds. The van der Waals surface area contributed by atoms with Crippen LogP contribution in [0.4, 0.5) is 0 Å². The molecule has 19 heavy (non-hydrogen) atoms. The van der Waals surface area contributed by atoms with Crippen LogP contribution in [0, 0.1) is 5.41 Å². The first-order valence-corrected chi connectivity index (χ1v) is 8.04. The highest BCUT2D eigenvalue weighted by Gasteiger charge is 2.35. The van der Waals surface area contributed by atoms with Crippen molar-refractivity contribution in [3.05, 3.63) is 0 Å². The quantitative estimate of drug-likeness (QED) is 0.848.